The van der Waals surface area contributed by atoms with Crippen LogP contribution in [0.1, 0.15) is 41.5 Å². The minimum atomic E-state index is -0.486. The first-order valence-electron chi connectivity index (χ1n) is 6.50. The molecule has 2 rings (SSSR count). The van der Waals surface area contributed by atoms with Crippen LogP contribution in [0.5, 0.6) is 0 Å². The van der Waals surface area contributed by atoms with Crippen molar-refractivity contribution in [3.8, 4) is 0 Å². The number of hydrogen-bond donors (Lipinski definition) is 1. The molecule has 4 heteroatoms. The zero-order chi connectivity index (χ0) is 13.8. The lowest BCUT2D eigenvalue weighted by Gasteiger charge is -2.32. The van der Waals surface area contributed by atoms with Crippen LogP contribution in [0.15, 0.2) is 23.8 Å². The summed E-state index contributed by atoms with van der Waals surface area (Å²) in [5, 5.41) is 9.40. The third-order valence-corrected chi connectivity index (χ3v) is 4.40. The molecule has 1 aliphatic heterocycles. The van der Waals surface area contributed by atoms with Gasteiger partial charge in [0.1, 0.15) is 0 Å². The highest BCUT2D eigenvalue weighted by atomic mass is 16.7. The van der Waals surface area contributed by atoms with Crippen LogP contribution < -0.4 is 0 Å². The Morgan fingerprint density at radius 3 is 2.06 bits per heavy atom. The second-order valence-corrected chi connectivity index (χ2v) is 6.65. The molecule has 2 atom stereocenters. The van der Waals surface area contributed by atoms with E-state index in [2.05, 4.69) is 6.92 Å². The van der Waals surface area contributed by atoms with Gasteiger partial charge in [-0.2, -0.15) is 0 Å². The Hall–Kier alpha value is -0.575. The van der Waals surface area contributed by atoms with E-state index in [1.54, 1.807) is 6.08 Å². The largest absolute Gasteiger partial charge is 0.472 e. The highest BCUT2D eigenvalue weighted by Crippen LogP contribution is 2.48. The van der Waals surface area contributed by atoms with Crippen LogP contribution in [0, 0.1) is 0 Å². The van der Waals surface area contributed by atoms with Crippen molar-refractivity contribution in [1.29, 1.82) is 0 Å². The van der Waals surface area contributed by atoms with Gasteiger partial charge in [-0.1, -0.05) is 25.2 Å². The van der Waals surface area contributed by atoms with E-state index in [0.29, 0.717) is 0 Å². The number of aliphatic hydroxyl groups excluding tert-OH is 1. The van der Waals surface area contributed by atoms with Crippen molar-refractivity contribution in [2.75, 3.05) is 0 Å². The smallest absolute Gasteiger partial charge is 0.402 e. The fourth-order valence-corrected chi connectivity index (χ4v) is 2.32. The van der Waals surface area contributed by atoms with E-state index < -0.39 is 6.10 Å². The molecule has 0 aromatic heterocycles. The summed E-state index contributed by atoms with van der Waals surface area (Å²) >= 11 is 0. The Morgan fingerprint density at radius 2 is 1.61 bits per heavy atom. The van der Waals surface area contributed by atoms with Crippen LogP contribution in [0.2, 0.25) is 5.31 Å². The van der Waals surface area contributed by atoms with E-state index in [0.717, 1.165) is 5.57 Å². The summed E-state index contributed by atoms with van der Waals surface area (Å²) in [6.45, 7) is 12.2. The summed E-state index contributed by atoms with van der Waals surface area (Å²) in [7, 11) is -0.318. The topological polar surface area (TPSA) is 38.7 Å². The van der Waals surface area contributed by atoms with Crippen molar-refractivity contribution in [3.63, 3.8) is 0 Å². The van der Waals surface area contributed by atoms with Gasteiger partial charge in [-0.25, -0.2) is 0 Å². The number of allylic oxidation sites excluding steroid dienone is 2. The molecule has 1 saturated heterocycles. The van der Waals surface area contributed by atoms with Gasteiger partial charge in [-0.15, -0.1) is 0 Å². The average molecular weight is 250 g/mol. The molecular weight excluding hydrogens is 227 g/mol. The molecule has 1 N–H and O–H groups in total. The van der Waals surface area contributed by atoms with E-state index in [1.165, 1.54) is 0 Å². The first-order chi connectivity index (χ1) is 8.07. The van der Waals surface area contributed by atoms with Gasteiger partial charge in [-0.05, 0) is 40.2 Å². The summed E-state index contributed by atoms with van der Waals surface area (Å²) in [5.74, 6) is 0. The van der Waals surface area contributed by atoms with Crippen LogP contribution in [0.3, 0.4) is 0 Å². The Bertz CT molecular complexity index is 395. The molecule has 1 heterocycles. The molecule has 2 aliphatic rings. The molecule has 0 saturated carbocycles. The molecule has 0 bridgehead atoms. The summed E-state index contributed by atoms with van der Waals surface area (Å²) in [6.07, 6.45) is 5.34. The van der Waals surface area contributed by atoms with E-state index >= 15 is 0 Å². The van der Waals surface area contributed by atoms with Gasteiger partial charge in [0.05, 0.1) is 17.3 Å². The van der Waals surface area contributed by atoms with E-state index in [4.69, 9.17) is 9.31 Å². The van der Waals surface area contributed by atoms with Crippen molar-refractivity contribution < 1.29 is 14.4 Å². The van der Waals surface area contributed by atoms with E-state index in [1.807, 2.05) is 46.8 Å². The summed E-state index contributed by atoms with van der Waals surface area (Å²) in [4.78, 5) is 0. The zero-order valence-corrected chi connectivity index (χ0v) is 12.2. The number of hydrogen-bond acceptors (Lipinski definition) is 3. The number of rotatable bonds is 1. The molecule has 100 valence electrons. The lowest BCUT2D eigenvalue weighted by Crippen LogP contribution is -2.41. The lowest BCUT2D eigenvalue weighted by molar-refractivity contribution is 0.00578. The van der Waals surface area contributed by atoms with E-state index in [-0.39, 0.29) is 23.6 Å². The molecule has 1 aliphatic carbocycles. The number of aliphatic hydroxyl groups is 1. The minimum Gasteiger partial charge on any atom is -0.402 e. The predicted octanol–water partition coefficient (Wildman–Crippen LogP) is 2.72. The van der Waals surface area contributed by atoms with Crippen LogP contribution in [-0.4, -0.2) is 29.5 Å². The molecule has 0 radical (unpaired) electrons. The fourth-order valence-electron chi connectivity index (χ4n) is 2.32. The van der Waals surface area contributed by atoms with Gasteiger partial charge in [0.15, 0.2) is 0 Å². The normalized spacial score (nSPS) is 37.8. The molecule has 0 aromatic carbocycles. The summed E-state index contributed by atoms with van der Waals surface area (Å²) in [5.41, 5.74) is 0.285. The second-order valence-electron chi connectivity index (χ2n) is 6.65. The summed E-state index contributed by atoms with van der Waals surface area (Å²) < 4.78 is 12.2. The van der Waals surface area contributed by atoms with Crippen molar-refractivity contribution in [2.24, 2.45) is 0 Å². The Labute approximate surface area is 110 Å². The van der Waals surface area contributed by atoms with Gasteiger partial charge in [0.2, 0.25) is 0 Å². The maximum atomic E-state index is 9.72. The first-order valence-corrected chi connectivity index (χ1v) is 6.50. The second kappa shape index (κ2) is 3.96. The SMILES string of the molecule is CC1=CC(C)(B2OC(C)(C)C(C)(C)O2)C=CC1O. The van der Waals surface area contributed by atoms with Crippen molar-refractivity contribution >= 4 is 7.12 Å². The molecule has 0 amide bonds. The van der Waals surface area contributed by atoms with Crippen molar-refractivity contribution in [2.45, 2.75) is 64.2 Å². The predicted molar refractivity (Wildman–Crippen MR) is 73.4 cm³/mol. The van der Waals surface area contributed by atoms with Crippen molar-refractivity contribution in [1.82, 2.24) is 0 Å². The van der Waals surface area contributed by atoms with E-state index in [9.17, 15) is 5.11 Å². The average Bonchev–Trinajstić information content (AvgIpc) is 2.44. The molecule has 1 fully saturated rings. The zero-order valence-electron chi connectivity index (χ0n) is 12.2. The highest BCUT2D eigenvalue weighted by Gasteiger charge is 2.57. The van der Waals surface area contributed by atoms with Crippen LogP contribution in [0.25, 0.3) is 0 Å². The van der Waals surface area contributed by atoms with Gasteiger partial charge in [0, 0.05) is 5.31 Å². The van der Waals surface area contributed by atoms with Gasteiger partial charge in [0.25, 0.3) is 0 Å². The van der Waals surface area contributed by atoms with Gasteiger partial charge in [-0.3, -0.25) is 0 Å². The molecule has 18 heavy (non-hydrogen) atoms. The minimum absolute atomic E-state index is 0.318. The lowest BCUT2D eigenvalue weighted by atomic mass is 9.56. The third-order valence-electron chi connectivity index (χ3n) is 4.40. The Kier molecular flexibility index (Phi) is 3.04. The fraction of sp³-hybridized carbons (Fsp3) is 0.714. The quantitative estimate of drug-likeness (QED) is 0.574. The molecule has 0 spiro atoms. The maximum absolute atomic E-state index is 9.72. The van der Waals surface area contributed by atoms with Crippen LogP contribution in [0.4, 0.5) is 0 Å². The maximum Gasteiger partial charge on any atom is 0.472 e. The van der Waals surface area contributed by atoms with Crippen molar-refractivity contribution in [3.05, 3.63) is 23.8 Å². The first kappa shape index (κ1) is 13.8. The molecule has 3 nitrogen and oxygen atoms in total. The van der Waals surface area contributed by atoms with Crippen LogP contribution in [-0.2, 0) is 9.31 Å². The summed E-state index contributed by atoms with van der Waals surface area (Å²) in [6, 6.07) is 0. The van der Waals surface area contributed by atoms with Gasteiger partial charge >= 0.3 is 7.12 Å². The molecule has 0 aromatic rings. The standard InChI is InChI=1S/C14H23BO3/c1-10-9-14(6,8-7-11(10)16)15-17-12(2,3)13(4,5)18-15/h7-9,11,16H,1-6H3. The van der Waals surface area contributed by atoms with Gasteiger partial charge < -0.3 is 14.4 Å². The Morgan fingerprint density at radius 1 is 1.11 bits per heavy atom. The highest BCUT2D eigenvalue weighted by molar-refractivity contribution is 6.51. The van der Waals surface area contributed by atoms with Crippen LogP contribution >= 0.6 is 0 Å². The molecule has 2 unspecified atom stereocenters. The Balaban J connectivity index is 2.27. The molecular formula is C14H23BO3. The monoisotopic (exact) mass is 250 g/mol. The third kappa shape index (κ3) is 2.06.